The molecule has 2 rings (SSSR count). The lowest BCUT2D eigenvalue weighted by Crippen LogP contribution is -2.34. The van der Waals surface area contributed by atoms with Gasteiger partial charge in [0.1, 0.15) is 0 Å². The standard InChI is InChI=1S/C14H17N5O2S2/c1-8-4-3-5-10(9(8)2)17-13-18-19-14(23-13)22-7-12(21)16-6-11(15)20/h3-5H,6-7H2,1-2H3,(H2,15,20)(H,16,21)(H,17,18). The molecule has 122 valence electrons. The summed E-state index contributed by atoms with van der Waals surface area (Å²) < 4.78 is 0.673. The summed E-state index contributed by atoms with van der Waals surface area (Å²) in [6.45, 7) is 3.93. The van der Waals surface area contributed by atoms with Crippen molar-refractivity contribution in [3.05, 3.63) is 29.3 Å². The summed E-state index contributed by atoms with van der Waals surface area (Å²) in [4.78, 5) is 22.1. The Bertz CT molecular complexity index is 717. The van der Waals surface area contributed by atoms with E-state index in [0.717, 1.165) is 11.3 Å². The first-order chi connectivity index (χ1) is 11.0. The molecule has 23 heavy (non-hydrogen) atoms. The van der Waals surface area contributed by atoms with Crippen molar-refractivity contribution in [1.82, 2.24) is 15.5 Å². The Morgan fingerprint density at radius 2 is 2.09 bits per heavy atom. The Morgan fingerprint density at radius 3 is 2.83 bits per heavy atom. The Labute approximate surface area is 142 Å². The summed E-state index contributed by atoms with van der Waals surface area (Å²) in [5.74, 6) is -0.682. The van der Waals surface area contributed by atoms with E-state index in [4.69, 9.17) is 5.73 Å². The van der Waals surface area contributed by atoms with Crippen molar-refractivity contribution in [3.63, 3.8) is 0 Å². The van der Waals surface area contributed by atoms with Gasteiger partial charge in [-0.3, -0.25) is 9.59 Å². The molecule has 0 aliphatic heterocycles. The molecule has 0 saturated carbocycles. The van der Waals surface area contributed by atoms with E-state index < -0.39 is 5.91 Å². The summed E-state index contributed by atoms with van der Waals surface area (Å²) >= 11 is 2.63. The highest BCUT2D eigenvalue weighted by molar-refractivity contribution is 8.01. The molecule has 2 amide bonds. The predicted molar refractivity (Wildman–Crippen MR) is 92.0 cm³/mol. The number of primary amides is 1. The van der Waals surface area contributed by atoms with E-state index in [1.165, 1.54) is 28.7 Å². The Hall–Kier alpha value is -2.13. The maximum absolute atomic E-state index is 11.5. The maximum Gasteiger partial charge on any atom is 0.236 e. The fourth-order valence-corrected chi connectivity index (χ4v) is 3.28. The SMILES string of the molecule is Cc1cccc(Nc2nnc(SCC(=O)NCC(N)=O)s2)c1C. The second kappa shape index (κ2) is 7.93. The number of nitrogens with one attached hydrogen (secondary N) is 2. The van der Waals surface area contributed by atoms with Crippen LogP contribution in [0.15, 0.2) is 22.5 Å². The van der Waals surface area contributed by atoms with E-state index in [1.807, 2.05) is 32.0 Å². The Kier molecular flexibility index (Phi) is 5.94. The zero-order chi connectivity index (χ0) is 16.8. The van der Waals surface area contributed by atoms with Gasteiger partial charge in [-0.05, 0) is 31.0 Å². The van der Waals surface area contributed by atoms with Gasteiger partial charge in [0.05, 0.1) is 12.3 Å². The molecule has 0 fully saturated rings. The largest absolute Gasteiger partial charge is 0.368 e. The summed E-state index contributed by atoms with van der Waals surface area (Å²) in [5, 5.41) is 14.4. The molecule has 0 spiro atoms. The zero-order valence-corrected chi connectivity index (χ0v) is 14.4. The normalized spacial score (nSPS) is 10.3. The number of carbonyl (C=O) groups excluding carboxylic acids is 2. The number of thioether (sulfide) groups is 1. The third kappa shape index (κ3) is 5.22. The molecule has 1 aromatic carbocycles. The van der Waals surface area contributed by atoms with Crippen molar-refractivity contribution in [2.24, 2.45) is 5.73 Å². The summed E-state index contributed by atoms with van der Waals surface area (Å²) in [6, 6.07) is 6.00. The lowest BCUT2D eigenvalue weighted by atomic mass is 10.1. The van der Waals surface area contributed by atoms with E-state index in [1.54, 1.807) is 0 Å². The number of anilines is 2. The number of hydrogen-bond donors (Lipinski definition) is 3. The molecule has 0 saturated heterocycles. The number of hydrogen-bond acceptors (Lipinski definition) is 7. The van der Waals surface area contributed by atoms with Gasteiger partial charge >= 0.3 is 0 Å². The second-order valence-corrected chi connectivity index (χ2v) is 6.98. The van der Waals surface area contributed by atoms with Crippen molar-refractivity contribution in [1.29, 1.82) is 0 Å². The third-order valence-corrected chi connectivity index (χ3v) is 5.01. The van der Waals surface area contributed by atoms with Crippen LogP contribution in [0.5, 0.6) is 0 Å². The number of carbonyl (C=O) groups is 2. The molecule has 1 aromatic heterocycles. The second-order valence-electron chi connectivity index (χ2n) is 4.78. The summed E-state index contributed by atoms with van der Waals surface area (Å²) in [7, 11) is 0. The van der Waals surface area contributed by atoms with Crippen molar-refractivity contribution >= 4 is 45.7 Å². The topological polar surface area (TPSA) is 110 Å². The molecule has 0 atom stereocenters. The van der Waals surface area contributed by atoms with Crippen LogP contribution < -0.4 is 16.4 Å². The van der Waals surface area contributed by atoms with E-state index >= 15 is 0 Å². The molecular formula is C14H17N5O2S2. The van der Waals surface area contributed by atoms with Crippen LogP contribution in [0.2, 0.25) is 0 Å². The van der Waals surface area contributed by atoms with Crippen LogP contribution in [0.1, 0.15) is 11.1 Å². The van der Waals surface area contributed by atoms with Crippen LogP contribution in [-0.4, -0.2) is 34.3 Å². The van der Waals surface area contributed by atoms with Crippen molar-refractivity contribution in [2.45, 2.75) is 18.2 Å². The first-order valence-electron chi connectivity index (χ1n) is 6.80. The lowest BCUT2D eigenvalue weighted by Gasteiger charge is -2.08. The maximum atomic E-state index is 11.5. The molecule has 4 N–H and O–H groups in total. The van der Waals surface area contributed by atoms with Crippen LogP contribution in [-0.2, 0) is 9.59 Å². The van der Waals surface area contributed by atoms with Gasteiger partial charge in [-0.1, -0.05) is 35.2 Å². The van der Waals surface area contributed by atoms with Gasteiger partial charge < -0.3 is 16.4 Å². The smallest absolute Gasteiger partial charge is 0.236 e. The Balaban J connectivity index is 1.89. The van der Waals surface area contributed by atoms with Crippen LogP contribution in [0.3, 0.4) is 0 Å². The number of aryl methyl sites for hydroxylation is 1. The predicted octanol–water partition coefficient (Wildman–Crippen LogP) is 1.59. The molecule has 0 unspecified atom stereocenters. The highest BCUT2D eigenvalue weighted by atomic mass is 32.2. The third-order valence-electron chi connectivity index (χ3n) is 3.04. The average Bonchev–Trinajstić information content (AvgIpc) is 2.95. The fraction of sp³-hybridized carbons (Fsp3) is 0.286. The average molecular weight is 351 g/mol. The minimum absolute atomic E-state index is 0.158. The lowest BCUT2D eigenvalue weighted by molar-refractivity contribution is -0.123. The quantitative estimate of drug-likeness (QED) is 0.654. The van der Waals surface area contributed by atoms with Gasteiger partial charge in [0.15, 0.2) is 4.34 Å². The van der Waals surface area contributed by atoms with Gasteiger partial charge in [0.25, 0.3) is 0 Å². The van der Waals surface area contributed by atoms with Gasteiger partial charge in [0, 0.05) is 5.69 Å². The number of nitrogens with two attached hydrogens (primary N) is 1. The van der Waals surface area contributed by atoms with Crippen molar-refractivity contribution < 1.29 is 9.59 Å². The monoisotopic (exact) mass is 351 g/mol. The van der Waals surface area contributed by atoms with Crippen LogP contribution in [0, 0.1) is 13.8 Å². The highest BCUT2D eigenvalue weighted by Gasteiger charge is 2.10. The van der Waals surface area contributed by atoms with Gasteiger partial charge in [-0.25, -0.2) is 0 Å². The molecular weight excluding hydrogens is 334 g/mol. The number of nitrogens with zero attached hydrogens (tertiary/aromatic N) is 2. The van der Waals surface area contributed by atoms with Gasteiger partial charge in [0.2, 0.25) is 16.9 Å². The van der Waals surface area contributed by atoms with Gasteiger partial charge in [-0.2, -0.15) is 0 Å². The Morgan fingerprint density at radius 1 is 1.30 bits per heavy atom. The molecule has 0 aliphatic carbocycles. The molecule has 0 bridgehead atoms. The number of rotatable bonds is 7. The highest BCUT2D eigenvalue weighted by Crippen LogP contribution is 2.29. The number of aromatic nitrogens is 2. The number of amides is 2. The molecule has 7 nitrogen and oxygen atoms in total. The van der Waals surface area contributed by atoms with Gasteiger partial charge in [-0.15, -0.1) is 10.2 Å². The summed E-state index contributed by atoms with van der Waals surface area (Å²) in [6.07, 6.45) is 0. The number of benzene rings is 1. The van der Waals surface area contributed by atoms with E-state index in [9.17, 15) is 9.59 Å². The fourth-order valence-electron chi connectivity index (χ4n) is 1.68. The van der Waals surface area contributed by atoms with Crippen LogP contribution in [0.4, 0.5) is 10.8 Å². The van der Waals surface area contributed by atoms with E-state index in [2.05, 4.69) is 20.8 Å². The van der Waals surface area contributed by atoms with Crippen molar-refractivity contribution in [3.8, 4) is 0 Å². The van der Waals surface area contributed by atoms with Crippen molar-refractivity contribution in [2.75, 3.05) is 17.6 Å². The molecule has 1 heterocycles. The molecule has 0 radical (unpaired) electrons. The van der Waals surface area contributed by atoms with Crippen LogP contribution in [0.25, 0.3) is 0 Å². The molecule has 9 heteroatoms. The first-order valence-corrected chi connectivity index (χ1v) is 8.60. The minimum atomic E-state index is -0.570. The molecule has 0 aliphatic rings. The first kappa shape index (κ1) is 17.2. The minimum Gasteiger partial charge on any atom is -0.368 e. The summed E-state index contributed by atoms with van der Waals surface area (Å²) in [5.41, 5.74) is 8.29. The van der Waals surface area contributed by atoms with E-state index in [0.29, 0.717) is 9.47 Å². The van der Waals surface area contributed by atoms with E-state index in [-0.39, 0.29) is 18.2 Å². The van der Waals surface area contributed by atoms with Crippen LogP contribution >= 0.6 is 23.1 Å². The zero-order valence-electron chi connectivity index (χ0n) is 12.8. The molecule has 2 aromatic rings.